The van der Waals surface area contributed by atoms with E-state index in [1.807, 2.05) is 25.7 Å². The van der Waals surface area contributed by atoms with Crippen LogP contribution in [0.15, 0.2) is 30.3 Å². The predicted octanol–water partition coefficient (Wildman–Crippen LogP) is 3.03. The third kappa shape index (κ3) is 5.91. The zero-order valence-electron chi connectivity index (χ0n) is 18.0. The molecule has 0 radical (unpaired) electrons. The number of benzene rings is 1. The van der Waals surface area contributed by atoms with Crippen molar-refractivity contribution in [2.24, 2.45) is 11.3 Å². The van der Waals surface area contributed by atoms with Crippen molar-refractivity contribution in [3.8, 4) is 5.75 Å². The molecule has 30 heavy (non-hydrogen) atoms. The highest BCUT2D eigenvalue weighted by molar-refractivity contribution is 7.52. The van der Waals surface area contributed by atoms with E-state index in [1.54, 1.807) is 37.3 Å². The Morgan fingerprint density at radius 3 is 2.60 bits per heavy atom. The standard InChI is InChI=1S/C21H31N2O6P/c1-15(20(25)27-14-21(2,3)4)22-30(26,29-17-8-6-5-7-9-17)28-13-18-19(24)16-10-11-23(18)12-16/h5-9,15-16,18H,10-14H2,1-4H3,(H,22,26)/t15-,16-,18+,30?/m0/s1. The van der Waals surface area contributed by atoms with Crippen molar-refractivity contribution in [3.05, 3.63) is 30.3 Å². The number of Topliss-reactive ketones (excluding diaryl/α,β-unsaturated/α-hetero) is 1. The van der Waals surface area contributed by atoms with Gasteiger partial charge in [0.05, 0.1) is 19.3 Å². The zero-order chi connectivity index (χ0) is 21.9. The molecule has 1 aromatic rings. The van der Waals surface area contributed by atoms with Crippen LogP contribution in [-0.4, -0.2) is 55.0 Å². The molecule has 2 aliphatic rings. The van der Waals surface area contributed by atoms with Gasteiger partial charge in [0.2, 0.25) is 0 Å². The quantitative estimate of drug-likeness (QED) is 0.465. The Morgan fingerprint density at radius 1 is 1.30 bits per heavy atom. The highest BCUT2D eigenvalue weighted by atomic mass is 31.2. The number of esters is 1. The van der Waals surface area contributed by atoms with E-state index in [-0.39, 0.29) is 30.3 Å². The van der Waals surface area contributed by atoms with Crippen molar-refractivity contribution in [1.82, 2.24) is 9.99 Å². The molecule has 9 heteroatoms. The van der Waals surface area contributed by atoms with Gasteiger partial charge in [-0.25, -0.2) is 4.57 Å². The second-order valence-corrected chi connectivity index (χ2v) is 10.8. The molecule has 0 amide bonds. The van der Waals surface area contributed by atoms with Gasteiger partial charge in [0.25, 0.3) is 0 Å². The second kappa shape index (κ2) is 9.18. The molecule has 2 fully saturated rings. The van der Waals surface area contributed by atoms with E-state index < -0.39 is 25.8 Å². The van der Waals surface area contributed by atoms with E-state index in [1.165, 1.54) is 0 Å². The molecule has 0 spiro atoms. The minimum atomic E-state index is -3.95. The van der Waals surface area contributed by atoms with Crippen LogP contribution in [0, 0.1) is 11.3 Å². The fourth-order valence-corrected chi connectivity index (χ4v) is 5.02. The maximum absolute atomic E-state index is 13.5. The molecule has 2 saturated heterocycles. The first-order chi connectivity index (χ1) is 14.1. The fraction of sp³-hybridized carbons (Fsp3) is 0.619. The monoisotopic (exact) mass is 438 g/mol. The van der Waals surface area contributed by atoms with Gasteiger partial charge in [-0.15, -0.1) is 0 Å². The summed E-state index contributed by atoms with van der Waals surface area (Å²) >= 11 is 0. The highest BCUT2D eigenvalue weighted by Crippen LogP contribution is 2.46. The molecule has 166 valence electrons. The van der Waals surface area contributed by atoms with Crippen LogP contribution in [0.4, 0.5) is 0 Å². The van der Waals surface area contributed by atoms with Crippen molar-refractivity contribution < 1.29 is 27.9 Å². The Bertz CT molecular complexity index is 809. The molecule has 1 aromatic carbocycles. The first-order valence-corrected chi connectivity index (χ1v) is 11.8. The highest BCUT2D eigenvalue weighted by Gasteiger charge is 2.46. The molecule has 2 aliphatic heterocycles. The van der Waals surface area contributed by atoms with E-state index in [4.69, 9.17) is 13.8 Å². The average molecular weight is 438 g/mol. The number of nitrogens with zero attached hydrogens (tertiary/aromatic N) is 1. The van der Waals surface area contributed by atoms with Crippen LogP contribution in [-0.2, 0) is 23.4 Å². The van der Waals surface area contributed by atoms with Gasteiger partial charge in [-0.1, -0.05) is 39.0 Å². The van der Waals surface area contributed by atoms with Crippen LogP contribution in [0.5, 0.6) is 5.75 Å². The lowest BCUT2D eigenvalue weighted by Gasteiger charge is -2.27. The maximum Gasteiger partial charge on any atom is 0.459 e. The summed E-state index contributed by atoms with van der Waals surface area (Å²) in [7, 11) is -3.95. The minimum Gasteiger partial charge on any atom is -0.464 e. The van der Waals surface area contributed by atoms with Crippen molar-refractivity contribution in [1.29, 1.82) is 0 Å². The van der Waals surface area contributed by atoms with Crippen LogP contribution in [0.2, 0.25) is 0 Å². The number of hydrogen-bond donors (Lipinski definition) is 1. The van der Waals surface area contributed by atoms with E-state index in [0.29, 0.717) is 5.75 Å². The lowest BCUT2D eigenvalue weighted by molar-refractivity contribution is -0.148. The molecule has 0 aromatic heterocycles. The van der Waals surface area contributed by atoms with Gasteiger partial charge in [0.15, 0.2) is 5.78 Å². The number of nitrogens with one attached hydrogen (secondary N) is 1. The minimum absolute atomic E-state index is 0.0345. The third-order valence-electron chi connectivity index (χ3n) is 5.12. The lowest BCUT2D eigenvalue weighted by atomic mass is 9.99. The lowest BCUT2D eigenvalue weighted by Crippen LogP contribution is -2.41. The molecule has 1 N–H and O–H groups in total. The zero-order valence-corrected chi connectivity index (χ0v) is 18.9. The summed E-state index contributed by atoms with van der Waals surface area (Å²) < 4.78 is 30.1. The summed E-state index contributed by atoms with van der Waals surface area (Å²) in [5, 5.41) is 2.67. The van der Waals surface area contributed by atoms with Gasteiger partial charge in [-0.05, 0) is 37.4 Å². The number of piperidine rings is 1. The van der Waals surface area contributed by atoms with Crippen molar-refractivity contribution >= 4 is 19.5 Å². The number of fused-ring (bicyclic) bond motifs is 2. The number of para-hydroxylation sites is 1. The molecule has 5 atom stereocenters. The normalized spacial score (nSPS) is 26.3. The number of hydrogen-bond acceptors (Lipinski definition) is 7. The van der Waals surface area contributed by atoms with Crippen molar-refractivity contribution in [2.45, 2.75) is 46.2 Å². The van der Waals surface area contributed by atoms with Crippen LogP contribution in [0.3, 0.4) is 0 Å². The number of rotatable bonds is 9. The molecule has 3 rings (SSSR count). The van der Waals surface area contributed by atoms with Crippen LogP contribution >= 0.6 is 7.75 Å². The number of carbonyl (C=O) groups excluding carboxylic acids is 2. The largest absolute Gasteiger partial charge is 0.464 e. The van der Waals surface area contributed by atoms with Gasteiger partial charge in [-0.3, -0.25) is 19.0 Å². The van der Waals surface area contributed by atoms with Gasteiger partial charge >= 0.3 is 13.7 Å². The average Bonchev–Trinajstić information content (AvgIpc) is 3.26. The van der Waals surface area contributed by atoms with Crippen LogP contribution in [0.25, 0.3) is 0 Å². The molecular weight excluding hydrogens is 407 g/mol. The van der Waals surface area contributed by atoms with Gasteiger partial charge < -0.3 is 9.26 Å². The van der Waals surface area contributed by atoms with Gasteiger partial charge in [0, 0.05) is 12.5 Å². The topological polar surface area (TPSA) is 94.2 Å². The summed E-state index contributed by atoms with van der Waals surface area (Å²) in [6.07, 6.45) is 0.864. The molecule has 8 nitrogen and oxygen atoms in total. The smallest absolute Gasteiger partial charge is 0.459 e. The Hall–Kier alpha value is -1.73. The van der Waals surface area contributed by atoms with Gasteiger partial charge in [0.1, 0.15) is 11.8 Å². The molecular formula is C21H31N2O6P. The molecule has 2 bridgehead atoms. The summed E-state index contributed by atoms with van der Waals surface area (Å²) in [5.41, 5.74) is -0.188. The van der Waals surface area contributed by atoms with E-state index in [0.717, 1.165) is 19.5 Å². The number of carbonyl (C=O) groups is 2. The molecule has 0 aliphatic carbocycles. The molecule has 2 unspecified atom stereocenters. The number of ketones is 1. The van der Waals surface area contributed by atoms with Crippen LogP contribution < -0.4 is 9.61 Å². The summed E-state index contributed by atoms with van der Waals surface area (Å²) in [6, 6.07) is 7.23. The summed E-state index contributed by atoms with van der Waals surface area (Å²) in [5.74, 6) is -0.0641. The molecule has 0 saturated carbocycles. The fourth-order valence-electron chi connectivity index (χ4n) is 3.52. The van der Waals surface area contributed by atoms with Crippen molar-refractivity contribution in [3.63, 3.8) is 0 Å². The Labute approximate surface area is 177 Å². The van der Waals surface area contributed by atoms with Crippen molar-refractivity contribution in [2.75, 3.05) is 26.3 Å². The summed E-state index contributed by atoms with van der Waals surface area (Å²) in [4.78, 5) is 26.8. The Morgan fingerprint density at radius 2 is 2.00 bits per heavy atom. The molecule has 2 heterocycles. The predicted molar refractivity (Wildman–Crippen MR) is 112 cm³/mol. The van der Waals surface area contributed by atoms with E-state index >= 15 is 0 Å². The number of ether oxygens (including phenoxy) is 1. The summed E-state index contributed by atoms with van der Waals surface area (Å²) in [6.45, 7) is 9.12. The van der Waals surface area contributed by atoms with E-state index in [9.17, 15) is 14.2 Å². The van der Waals surface area contributed by atoms with Gasteiger partial charge in [-0.2, -0.15) is 5.09 Å². The van der Waals surface area contributed by atoms with Crippen LogP contribution in [0.1, 0.15) is 34.1 Å². The SMILES string of the molecule is C[C@H](NP(=O)(OC[C@@H]1C(=O)[C@H]2CCN1C2)Oc1ccccc1)C(=O)OCC(C)(C)C. The van der Waals surface area contributed by atoms with E-state index in [2.05, 4.69) is 5.09 Å². The maximum atomic E-state index is 13.5. The Balaban J connectivity index is 1.67. The first-order valence-electron chi connectivity index (χ1n) is 10.3. The first kappa shape index (κ1) is 22.9. The second-order valence-electron chi connectivity index (χ2n) is 9.12. The third-order valence-corrected chi connectivity index (χ3v) is 6.76. The Kier molecular flexibility index (Phi) is 7.02.